The van der Waals surface area contributed by atoms with Crippen molar-refractivity contribution in [1.29, 1.82) is 0 Å². The minimum atomic E-state index is -0.277. The molecule has 7 heteroatoms. The SMILES string of the molecule is COC(CC(N)=O)C1CCC(CCN2CCC(c3noc4ccc(F)cc34)CC2)CC1. The van der Waals surface area contributed by atoms with E-state index in [0.717, 1.165) is 62.3 Å². The summed E-state index contributed by atoms with van der Waals surface area (Å²) in [5.74, 6) is 1.02. The third-order valence-corrected chi connectivity index (χ3v) is 7.41. The van der Waals surface area contributed by atoms with E-state index in [4.69, 9.17) is 15.0 Å². The second-order valence-corrected chi connectivity index (χ2v) is 9.34. The molecule has 1 amide bonds. The van der Waals surface area contributed by atoms with Gasteiger partial charge in [-0.2, -0.15) is 0 Å². The van der Waals surface area contributed by atoms with Crippen LogP contribution in [0.2, 0.25) is 0 Å². The highest BCUT2D eigenvalue weighted by Gasteiger charge is 2.30. The predicted molar refractivity (Wildman–Crippen MR) is 117 cm³/mol. The van der Waals surface area contributed by atoms with Crippen LogP contribution < -0.4 is 5.73 Å². The molecule has 31 heavy (non-hydrogen) atoms. The molecule has 6 nitrogen and oxygen atoms in total. The van der Waals surface area contributed by atoms with Gasteiger partial charge in [0, 0.05) is 18.4 Å². The topological polar surface area (TPSA) is 81.6 Å². The van der Waals surface area contributed by atoms with Crippen molar-refractivity contribution in [2.45, 2.75) is 63.4 Å². The quantitative estimate of drug-likeness (QED) is 0.676. The number of nitrogens with zero attached hydrogens (tertiary/aromatic N) is 2. The van der Waals surface area contributed by atoms with Crippen molar-refractivity contribution in [2.75, 3.05) is 26.7 Å². The molecular weight excluding hydrogens is 397 g/mol. The highest BCUT2D eigenvalue weighted by molar-refractivity contribution is 5.80. The standard InChI is InChI=1S/C24H34FN3O3/c1-30-22(15-23(26)29)17-4-2-16(3-5-17)8-11-28-12-9-18(10-13-28)24-20-14-19(25)6-7-21(20)31-27-24/h6-7,14,16-18,22H,2-5,8-13,15H2,1H3,(H2,26,29). The van der Waals surface area contributed by atoms with Crippen molar-refractivity contribution >= 4 is 16.9 Å². The van der Waals surface area contributed by atoms with Crippen LogP contribution in [0, 0.1) is 17.7 Å². The lowest BCUT2D eigenvalue weighted by molar-refractivity contribution is -0.121. The minimum Gasteiger partial charge on any atom is -0.381 e. The number of hydrogen-bond donors (Lipinski definition) is 1. The number of likely N-dealkylation sites (tertiary alicyclic amines) is 1. The number of aromatic nitrogens is 1. The fourth-order valence-electron chi connectivity index (χ4n) is 5.51. The molecule has 1 aromatic carbocycles. The summed E-state index contributed by atoms with van der Waals surface area (Å²) in [6.45, 7) is 3.23. The third-order valence-electron chi connectivity index (χ3n) is 7.41. The van der Waals surface area contributed by atoms with Crippen molar-refractivity contribution in [1.82, 2.24) is 10.1 Å². The molecule has 1 saturated heterocycles. The van der Waals surface area contributed by atoms with Gasteiger partial charge in [0.1, 0.15) is 5.82 Å². The summed E-state index contributed by atoms with van der Waals surface area (Å²) in [6, 6.07) is 4.62. The van der Waals surface area contributed by atoms with Gasteiger partial charge in [0.15, 0.2) is 5.58 Å². The van der Waals surface area contributed by atoms with Gasteiger partial charge in [0.25, 0.3) is 0 Å². The van der Waals surface area contributed by atoms with Gasteiger partial charge in [0.2, 0.25) is 5.91 Å². The van der Waals surface area contributed by atoms with Crippen LogP contribution in [0.5, 0.6) is 0 Å². The van der Waals surface area contributed by atoms with Gasteiger partial charge in [-0.05, 0) is 81.8 Å². The zero-order valence-electron chi connectivity index (χ0n) is 18.4. The van der Waals surface area contributed by atoms with Crippen molar-refractivity contribution < 1.29 is 18.4 Å². The van der Waals surface area contributed by atoms with E-state index in [9.17, 15) is 9.18 Å². The number of carbonyl (C=O) groups excluding carboxylic acids is 1. The fourth-order valence-corrected chi connectivity index (χ4v) is 5.51. The van der Waals surface area contributed by atoms with Crippen LogP contribution in [-0.2, 0) is 9.53 Å². The van der Waals surface area contributed by atoms with Crippen molar-refractivity contribution in [2.24, 2.45) is 17.6 Å². The Morgan fingerprint density at radius 2 is 2.00 bits per heavy atom. The van der Waals surface area contributed by atoms with Crippen molar-refractivity contribution in [3.63, 3.8) is 0 Å². The summed E-state index contributed by atoms with van der Waals surface area (Å²) in [7, 11) is 1.68. The Labute approximate surface area is 183 Å². The monoisotopic (exact) mass is 431 g/mol. The Balaban J connectivity index is 1.20. The van der Waals surface area contributed by atoms with Gasteiger partial charge in [-0.3, -0.25) is 4.79 Å². The molecule has 1 saturated carbocycles. The first-order valence-electron chi connectivity index (χ1n) is 11.6. The number of benzene rings is 1. The van der Waals surface area contributed by atoms with Crippen LogP contribution >= 0.6 is 0 Å². The average molecular weight is 432 g/mol. The van der Waals surface area contributed by atoms with Crippen LogP contribution in [-0.4, -0.2) is 48.8 Å². The summed E-state index contributed by atoms with van der Waals surface area (Å²) >= 11 is 0. The maximum absolute atomic E-state index is 13.6. The number of fused-ring (bicyclic) bond motifs is 1. The van der Waals surface area contributed by atoms with Crippen molar-refractivity contribution in [3.05, 3.63) is 29.7 Å². The van der Waals surface area contributed by atoms with Gasteiger partial charge >= 0.3 is 0 Å². The Hall–Kier alpha value is -1.99. The number of amides is 1. The Kier molecular flexibility index (Phi) is 7.23. The number of nitrogens with two attached hydrogens (primary N) is 1. The van der Waals surface area contributed by atoms with E-state index >= 15 is 0 Å². The zero-order valence-corrected chi connectivity index (χ0v) is 18.4. The van der Waals surface area contributed by atoms with Crippen LogP contribution in [0.1, 0.15) is 63.0 Å². The first kappa shape index (κ1) is 22.2. The summed E-state index contributed by atoms with van der Waals surface area (Å²) in [5, 5.41) is 5.07. The number of piperidine rings is 1. The number of ether oxygens (including phenoxy) is 1. The number of primary amides is 1. The van der Waals surface area contributed by atoms with E-state index in [1.807, 2.05) is 0 Å². The molecule has 2 heterocycles. The summed E-state index contributed by atoms with van der Waals surface area (Å²) in [6.07, 6.45) is 8.24. The van der Waals surface area contributed by atoms with E-state index in [0.29, 0.717) is 23.8 Å². The molecule has 1 aliphatic heterocycles. The number of halogens is 1. The maximum Gasteiger partial charge on any atom is 0.220 e. The summed E-state index contributed by atoms with van der Waals surface area (Å²) in [5.41, 5.74) is 6.94. The molecule has 0 bridgehead atoms. The van der Waals surface area contributed by atoms with Gasteiger partial charge in [-0.1, -0.05) is 18.0 Å². The van der Waals surface area contributed by atoms with Crippen LogP contribution in [0.3, 0.4) is 0 Å². The molecule has 0 spiro atoms. The maximum atomic E-state index is 13.6. The molecule has 0 radical (unpaired) electrons. The number of rotatable bonds is 8. The van der Waals surface area contributed by atoms with Gasteiger partial charge in [-0.15, -0.1) is 0 Å². The molecule has 170 valence electrons. The smallest absolute Gasteiger partial charge is 0.220 e. The van der Waals surface area contributed by atoms with E-state index in [1.165, 1.54) is 25.3 Å². The van der Waals surface area contributed by atoms with Gasteiger partial charge in [0.05, 0.1) is 18.2 Å². The first-order chi connectivity index (χ1) is 15.0. The van der Waals surface area contributed by atoms with Gasteiger partial charge in [-0.25, -0.2) is 4.39 Å². The molecule has 2 aliphatic rings. The molecule has 1 aromatic heterocycles. The summed E-state index contributed by atoms with van der Waals surface area (Å²) in [4.78, 5) is 13.8. The molecule has 1 aliphatic carbocycles. The Morgan fingerprint density at radius 1 is 1.26 bits per heavy atom. The lowest BCUT2D eigenvalue weighted by Gasteiger charge is -2.35. The molecule has 1 unspecified atom stereocenters. The van der Waals surface area contributed by atoms with E-state index in [-0.39, 0.29) is 17.8 Å². The number of hydrogen-bond acceptors (Lipinski definition) is 5. The molecule has 2 fully saturated rings. The van der Waals surface area contributed by atoms with Crippen LogP contribution in [0.25, 0.3) is 11.0 Å². The Bertz CT molecular complexity index is 870. The normalized spacial score (nSPS) is 24.5. The lowest BCUT2D eigenvalue weighted by Crippen LogP contribution is -2.35. The highest BCUT2D eigenvalue weighted by atomic mass is 19.1. The van der Waals surface area contributed by atoms with Crippen LogP contribution in [0.4, 0.5) is 4.39 Å². The molecule has 4 rings (SSSR count). The molecule has 2 N–H and O–H groups in total. The molecule has 1 atom stereocenters. The molecular formula is C24H34FN3O3. The first-order valence-corrected chi connectivity index (χ1v) is 11.6. The van der Waals surface area contributed by atoms with Crippen molar-refractivity contribution in [3.8, 4) is 0 Å². The Morgan fingerprint density at radius 3 is 2.68 bits per heavy atom. The second kappa shape index (κ2) is 10.1. The molecule has 2 aromatic rings. The number of carbonyl (C=O) groups is 1. The van der Waals surface area contributed by atoms with Gasteiger partial charge < -0.3 is 19.9 Å². The summed E-state index contributed by atoms with van der Waals surface area (Å²) < 4.78 is 24.6. The van der Waals surface area contributed by atoms with E-state index in [1.54, 1.807) is 19.2 Å². The van der Waals surface area contributed by atoms with E-state index in [2.05, 4.69) is 10.1 Å². The predicted octanol–water partition coefficient (Wildman–Crippen LogP) is 4.23. The second-order valence-electron chi connectivity index (χ2n) is 9.34. The fraction of sp³-hybridized carbons (Fsp3) is 0.667. The number of methoxy groups -OCH3 is 1. The van der Waals surface area contributed by atoms with Crippen LogP contribution in [0.15, 0.2) is 22.7 Å². The lowest BCUT2D eigenvalue weighted by atomic mass is 9.77. The largest absolute Gasteiger partial charge is 0.381 e. The highest BCUT2D eigenvalue weighted by Crippen LogP contribution is 2.36. The zero-order chi connectivity index (χ0) is 21.8. The average Bonchev–Trinajstić information content (AvgIpc) is 3.19. The minimum absolute atomic E-state index is 0.0291. The third kappa shape index (κ3) is 5.44. The van der Waals surface area contributed by atoms with E-state index < -0.39 is 0 Å².